The van der Waals surface area contributed by atoms with Gasteiger partial charge in [0, 0.05) is 5.69 Å². The van der Waals surface area contributed by atoms with Gasteiger partial charge in [0.15, 0.2) is 0 Å². The van der Waals surface area contributed by atoms with E-state index < -0.39 is 24.6 Å². The standard InChI is InChI=1S/C10H10F5NO/c1-6(9(11)12)16-7-2-4-8(5-3-7)17-10(13,14)15/h2-6,9,16H,1H3. The fourth-order valence-corrected chi connectivity index (χ4v) is 1.08. The van der Waals surface area contributed by atoms with E-state index in [1.807, 2.05) is 0 Å². The van der Waals surface area contributed by atoms with Crippen LogP contribution in [0.15, 0.2) is 24.3 Å². The van der Waals surface area contributed by atoms with Crippen molar-refractivity contribution in [2.24, 2.45) is 0 Å². The van der Waals surface area contributed by atoms with E-state index in [2.05, 4.69) is 10.1 Å². The van der Waals surface area contributed by atoms with Crippen LogP contribution in [0.4, 0.5) is 27.6 Å². The lowest BCUT2D eigenvalue weighted by atomic mass is 10.2. The first-order valence-corrected chi connectivity index (χ1v) is 4.68. The molecule has 1 rings (SSSR count). The van der Waals surface area contributed by atoms with E-state index in [0.29, 0.717) is 5.69 Å². The van der Waals surface area contributed by atoms with Crippen LogP contribution in [0.2, 0.25) is 0 Å². The molecule has 0 fully saturated rings. The van der Waals surface area contributed by atoms with Crippen LogP contribution in [-0.4, -0.2) is 18.8 Å². The predicted molar refractivity (Wildman–Crippen MR) is 52.2 cm³/mol. The number of anilines is 1. The van der Waals surface area contributed by atoms with Crippen molar-refractivity contribution in [1.29, 1.82) is 0 Å². The zero-order valence-corrected chi connectivity index (χ0v) is 8.76. The molecule has 0 aliphatic rings. The van der Waals surface area contributed by atoms with Gasteiger partial charge in [-0.15, -0.1) is 13.2 Å². The van der Waals surface area contributed by atoms with Gasteiger partial charge in [0.1, 0.15) is 5.75 Å². The molecule has 1 aromatic rings. The van der Waals surface area contributed by atoms with E-state index in [1.54, 1.807) is 0 Å². The SMILES string of the molecule is CC(Nc1ccc(OC(F)(F)F)cc1)C(F)F. The Labute approximate surface area is 94.4 Å². The van der Waals surface area contributed by atoms with Crippen molar-refractivity contribution in [2.75, 3.05) is 5.32 Å². The Hall–Kier alpha value is -1.53. The molecule has 0 bridgehead atoms. The second-order valence-corrected chi connectivity index (χ2v) is 3.34. The van der Waals surface area contributed by atoms with Crippen molar-refractivity contribution in [2.45, 2.75) is 25.8 Å². The molecule has 0 saturated carbocycles. The van der Waals surface area contributed by atoms with Crippen molar-refractivity contribution >= 4 is 5.69 Å². The van der Waals surface area contributed by atoms with E-state index in [-0.39, 0.29) is 0 Å². The third kappa shape index (κ3) is 4.88. The van der Waals surface area contributed by atoms with Crippen molar-refractivity contribution in [1.82, 2.24) is 0 Å². The summed E-state index contributed by atoms with van der Waals surface area (Å²) in [5.41, 5.74) is 0.298. The van der Waals surface area contributed by atoms with Gasteiger partial charge in [-0.3, -0.25) is 0 Å². The average molecular weight is 255 g/mol. The molecule has 1 aromatic carbocycles. The molecule has 1 atom stereocenters. The fraction of sp³-hybridized carbons (Fsp3) is 0.400. The number of rotatable bonds is 4. The molecule has 0 aliphatic carbocycles. The minimum Gasteiger partial charge on any atom is -0.406 e. The Bertz CT molecular complexity index is 349. The van der Waals surface area contributed by atoms with Gasteiger partial charge in [0.25, 0.3) is 6.43 Å². The summed E-state index contributed by atoms with van der Waals surface area (Å²) in [6.07, 6.45) is -7.31. The molecule has 0 saturated heterocycles. The van der Waals surface area contributed by atoms with Crippen molar-refractivity contribution in [3.05, 3.63) is 24.3 Å². The summed E-state index contributed by atoms with van der Waals surface area (Å²) in [5.74, 6) is -0.396. The van der Waals surface area contributed by atoms with Gasteiger partial charge in [0.05, 0.1) is 6.04 Å². The molecule has 17 heavy (non-hydrogen) atoms. The summed E-state index contributed by atoms with van der Waals surface area (Å²) in [4.78, 5) is 0. The Balaban J connectivity index is 2.62. The van der Waals surface area contributed by atoms with E-state index in [0.717, 1.165) is 12.1 Å². The maximum absolute atomic E-state index is 12.2. The Morgan fingerprint density at radius 2 is 1.65 bits per heavy atom. The quantitative estimate of drug-likeness (QED) is 0.829. The topological polar surface area (TPSA) is 21.3 Å². The molecule has 1 N–H and O–H groups in total. The van der Waals surface area contributed by atoms with Crippen molar-refractivity contribution < 1.29 is 26.7 Å². The van der Waals surface area contributed by atoms with Crippen LogP contribution in [0.1, 0.15) is 6.92 Å². The summed E-state index contributed by atoms with van der Waals surface area (Å²) < 4.78 is 63.5. The molecule has 7 heteroatoms. The van der Waals surface area contributed by atoms with Gasteiger partial charge < -0.3 is 10.1 Å². The zero-order chi connectivity index (χ0) is 13.1. The first-order chi connectivity index (χ1) is 7.78. The summed E-state index contributed by atoms with van der Waals surface area (Å²) in [6, 6.07) is 3.49. The van der Waals surface area contributed by atoms with Crippen molar-refractivity contribution in [3.63, 3.8) is 0 Å². The van der Waals surface area contributed by atoms with Crippen LogP contribution in [-0.2, 0) is 0 Å². The summed E-state index contributed by atoms with van der Waals surface area (Å²) in [5, 5.41) is 2.44. The summed E-state index contributed by atoms with van der Waals surface area (Å²) in [6.45, 7) is 1.27. The molecular weight excluding hydrogens is 245 g/mol. The smallest absolute Gasteiger partial charge is 0.406 e. The van der Waals surface area contributed by atoms with E-state index >= 15 is 0 Å². The molecule has 0 heterocycles. The highest BCUT2D eigenvalue weighted by Gasteiger charge is 2.30. The van der Waals surface area contributed by atoms with Crippen LogP contribution in [0, 0.1) is 0 Å². The number of halogens is 5. The Kier molecular flexibility index (Phi) is 4.14. The molecular formula is C10H10F5NO. The minimum absolute atomic E-state index is 0.298. The molecule has 0 aliphatic heterocycles. The number of benzene rings is 1. The second kappa shape index (κ2) is 5.20. The maximum Gasteiger partial charge on any atom is 0.573 e. The summed E-state index contributed by atoms with van der Waals surface area (Å²) in [7, 11) is 0. The zero-order valence-electron chi connectivity index (χ0n) is 8.76. The van der Waals surface area contributed by atoms with Gasteiger partial charge in [-0.05, 0) is 31.2 Å². The molecule has 0 radical (unpaired) electrons. The number of alkyl halides is 5. The highest BCUT2D eigenvalue weighted by molar-refractivity contribution is 5.47. The van der Waals surface area contributed by atoms with Crippen LogP contribution in [0.25, 0.3) is 0 Å². The van der Waals surface area contributed by atoms with Gasteiger partial charge in [-0.1, -0.05) is 0 Å². The van der Waals surface area contributed by atoms with E-state index in [1.165, 1.54) is 19.1 Å². The normalized spacial score (nSPS) is 13.6. The number of nitrogens with one attached hydrogen (secondary N) is 1. The van der Waals surface area contributed by atoms with E-state index in [4.69, 9.17) is 0 Å². The lowest BCUT2D eigenvalue weighted by Gasteiger charge is -2.14. The first kappa shape index (κ1) is 13.5. The third-order valence-corrected chi connectivity index (χ3v) is 1.86. The third-order valence-electron chi connectivity index (χ3n) is 1.86. The average Bonchev–Trinajstić information content (AvgIpc) is 2.18. The van der Waals surface area contributed by atoms with Crippen molar-refractivity contribution in [3.8, 4) is 5.75 Å². The highest BCUT2D eigenvalue weighted by atomic mass is 19.4. The van der Waals surface area contributed by atoms with Crippen LogP contribution < -0.4 is 10.1 Å². The molecule has 0 aromatic heterocycles. The molecule has 0 amide bonds. The predicted octanol–water partition coefficient (Wildman–Crippen LogP) is 3.65. The van der Waals surface area contributed by atoms with E-state index in [9.17, 15) is 22.0 Å². The fourth-order valence-electron chi connectivity index (χ4n) is 1.08. The molecule has 96 valence electrons. The van der Waals surface area contributed by atoms with Gasteiger partial charge >= 0.3 is 6.36 Å². The maximum atomic E-state index is 12.2. The van der Waals surface area contributed by atoms with Crippen LogP contribution in [0.3, 0.4) is 0 Å². The monoisotopic (exact) mass is 255 g/mol. The van der Waals surface area contributed by atoms with Gasteiger partial charge in [-0.2, -0.15) is 0 Å². The van der Waals surface area contributed by atoms with Gasteiger partial charge in [-0.25, -0.2) is 8.78 Å². The Morgan fingerprint density at radius 1 is 1.12 bits per heavy atom. The highest BCUT2D eigenvalue weighted by Crippen LogP contribution is 2.24. The second-order valence-electron chi connectivity index (χ2n) is 3.34. The molecule has 1 unspecified atom stereocenters. The Morgan fingerprint density at radius 3 is 2.06 bits per heavy atom. The molecule has 2 nitrogen and oxygen atoms in total. The number of hydrogen-bond acceptors (Lipinski definition) is 2. The first-order valence-electron chi connectivity index (χ1n) is 4.68. The lowest BCUT2D eigenvalue weighted by Crippen LogP contribution is -2.23. The minimum atomic E-state index is -4.76. The van der Waals surface area contributed by atoms with Crippen LogP contribution >= 0.6 is 0 Å². The van der Waals surface area contributed by atoms with Gasteiger partial charge in [0.2, 0.25) is 0 Å². The number of hydrogen-bond donors (Lipinski definition) is 1. The molecule has 0 spiro atoms. The number of ether oxygens (including phenoxy) is 1. The largest absolute Gasteiger partial charge is 0.573 e. The summed E-state index contributed by atoms with van der Waals surface area (Å²) >= 11 is 0. The van der Waals surface area contributed by atoms with Crippen LogP contribution in [0.5, 0.6) is 5.75 Å². The lowest BCUT2D eigenvalue weighted by molar-refractivity contribution is -0.274.